The molecule has 0 radical (unpaired) electrons. The average molecular weight is 582 g/mol. The molecule has 12 nitrogen and oxygen atoms in total. The van der Waals surface area contributed by atoms with Gasteiger partial charge in [0.15, 0.2) is 23.2 Å². The largest absolute Gasteiger partial charge is 0.368 e. The Bertz CT molecular complexity index is 1390. The Labute approximate surface area is 240 Å². The highest BCUT2D eigenvalue weighted by Crippen LogP contribution is 2.56. The van der Waals surface area contributed by atoms with Gasteiger partial charge in [-0.1, -0.05) is 25.1 Å². The molecule has 2 aliphatic heterocycles. The fraction of sp³-hybridized carbons (Fsp3) is 0.536. The first-order chi connectivity index (χ1) is 19.8. The van der Waals surface area contributed by atoms with E-state index in [0.29, 0.717) is 35.6 Å². The molecule has 0 saturated carbocycles. The number of anilines is 1. The summed E-state index contributed by atoms with van der Waals surface area (Å²) in [5.74, 6) is 0.0197. The Hall–Kier alpha value is -3.04. The van der Waals surface area contributed by atoms with Crippen molar-refractivity contribution in [3.63, 3.8) is 0 Å². The third kappa shape index (κ3) is 5.71. The van der Waals surface area contributed by atoms with Crippen LogP contribution >= 0.6 is 8.53 Å². The molecule has 2 aliphatic rings. The van der Waals surface area contributed by atoms with E-state index in [4.69, 9.17) is 23.8 Å². The molecule has 2 aromatic heterocycles. The van der Waals surface area contributed by atoms with Gasteiger partial charge in [0.1, 0.15) is 24.1 Å². The number of nitrogens with one attached hydrogen (secondary N) is 1. The van der Waals surface area contributed by atoms with Gasteiger partial charge in [0, 0.05) is 17.6 Å². The summed E-state index contributed by atoms with van der Waals surface area (Å²) in [6.07, 6.45) is 2.54. The average Bonchev–Trinajstić information content (AvgIpc) is 3.63. The number of carbonyl (C=O) groups excluding carboxylic acids is 1. The van der Waals surface area contributed by atoms with Gasteiger partial charge in [0.05, 0.1) is 32.0 Å². The number of nitriles is 1. The first-order valence-corrected chi connectivity index (χ1v) is 15.0. The zero-order valence-electron chi connectivity index (χ0n) is 23.9. The van der Waals surface area contributed by atoms with E-state index in [-0.39, 0.29) is 31.0 Å². The lowest BCUT2D eigenvalue weighted by Crippen LogP contribution is -2.42. The number of hydrogen-bond donors (Lipinski definition) is 1. The number of rotatable bonds is 12. The predicted octanol–water partition coefficient (Wildman–Crippen LogP) is 4.82. The van der Waals surface area contributed by atoms with Crippen LogP contribution in [-0.4, -0.2) is 73.2 Å². The molecule has 41 heavy (non-hydrogen) atoms. The highest BCUT2D eigenvalue weighted by atomic mass is 31.2. The molecule has 5 rings (SSSR count). The van der Waals surface area contributed by atoms with E-state index < -0.39 is 32.6 Å². The maximum Gasteiger partial charge on any atom is 0.259 e. The van der Waals surface area contributed by atoms with Gasteiger partial charge in [0.2, 0.25) is 0 Å². The Morgan fingerprint density at radius 1 is 1.24 bits per heavy atom. The normalized spacial score (nSPS) is 24.4. The number of imidazole rings is 1. The minimum Gasteiger partial charge on any atom is -0.368 e. The quantitative estimate of drug-likeness (QED) is 0.234. The van der Waals surface area contributed by atoms with Gasteiger partial charge in [-0.25, -0.2) is 19.6 Å². The summed E-state index contributed by atoms with van der Waals surface area (Å²) in [6.45, 7) is 11.1. The fourth-order valence-electron chi connectivity index (χ4n) is 5.39. The van der Waals surface area contributed by atoms with Gasteiger partial charge in [0.25, 0.3) is 14.4 Å². The molecule has 13 heteroatoms. The molecule has 2 saturated heterocycles. The molecular formula is C28H36N7O5P. The van der Waals surface area contributed by atoms with Gasteiger partial charge < -0.3 is 23.8 Å². The standard InChI is InChI=1S/C28H36N7O5P/c1-6-28-15-37-22(23(28)40-41(38-14-10-13-29)35(18(2)3)19(4)5)27(39-28)34-17-32-21-24(30-16-31-25(21)34)33-26(36)20-11-8-7-9-12-20/h7-9,11-12,16-19,22-23,27H,6,10,14-15H2,1-5H3,(H,30,31,33,36)/t22-,23+,27+,28+,41?/m1/s1. The van der Waals surface area contributed by atoms with Crippen LogP contribution in [0.15, 0.2) is 43.0 Å². The van der Waals surface area contributed by atoms with Gasteiger partial charge in [-0.3, -0.25) is 9.36 Å². The van der Waals surface area contributed by atoms with Crippen LogP contribution in [0.3, 0.4) is 0 Å². The van der Waals surface area contributed by atoms with Crippen molar-refractivity contribution in [2.24, 2.45) is 0 Å². The summed E-state index contributed by atoms with van der Waals surface area (Å²) < 4.78 is 30.0. The van der Waals surface area contributed by atoms with Crippen molar-refractivity contribution < 1.29 is 23.3 Å². The van der Waals surface area contributed by atoms with Crippen molar-refractivity contribution in [3.8, 4) is 6.07 Å². The van der Waals surface area contributed by atoms with Crippen molar-refractivity contribution in [2.45, 2.75) is 83.6 Å². The van der Waals surface area contributed by atoms with Gasteiger partial charge in [-0.05, 0) is 46.2 Å². The zero-order valence-corrected chi connectivity index (χ0v) is 24.8. The molecule has 2 fully saturated rings. The van der Waals surface area contributed by atoms with E-state index in [9.17, 15) is 4.79 Å². The highest BCUT2D eigenvalue weighted by molar-refractivity contribution is 7.44. The monoisotopic (exact) mass is 581 g/mol. The minimum absolute atomic E-state index is 0.163. The molecule has 4 heterocycles. The van der Waals surface area contributed by atoms with Crippen LogP contribution in [0.2, 0.25) is 0 Å². The first kappa shape index (κ1) is 29.5. The molecule has 1 N–H and O–H groups in total. The van der Waals surface area contributed by atoms with E-state index >= 15 is 0 Å². The van der Waals surface area contributed by atoms with Crippen molar-refractivity contribution in [2.75, 3.05) is 18.5 Å². The van der Waals surface area contributed by atoms with Gasteiger partial charge in [-0.15, -0.1) is 0 Å². The Morgan fingerprint density at radius 3 is 2.68 bits per heavy atom. The molecule has 5 atom stereocenters. The van der Waals surface area contributed by atoms with E-state index in [1.165, 1.54) is 6.33 Å². The summed E-state index contributed by atoms with van der Waals surface area (Å²) in [4.78, 5) is 26.1. The summed E-state index contributed by atoms with van der Waals surface area (Å²) in [5.41, 5.74) is 0.771. The van der Waals surface area contributed by atoms with E-state index in [1.807, 2.05) is 10.6 Å². The Morgan fingerprint density at radius 2 is 2.00 bits per heavy atom. The van der Waals surface area contributed by atoms with Crippen LogP contribution in [0.25, 0.3) is 11.2 Å². The van der Waals surface area contributed by atoms with Crippen LogP contribution in [0, 0.1) is 11.3 Å². The lowest BCUT2D eigenvalue weighted by atomic mass is 9.96. The lowest BCUT2D eigenvalue weighted by molar-refractivity contribution is -0.172. The third-order valence-corrected chi connectivity index (χ3v) is 9.45. The predicted molar refractivity (Wildman–Crippen MR) is 153 cm³/mol. The molecule has 2 bridgehead atoms. The maximum absolute atomic E-state index is 12.8. The van der Waals surface area contributed by atoms with Gasteiger partial charge in [-0.2, -0.15) is 5.26 Å². The third-order valence-electron chi connectivity index (χ3n) is 7.34. The zero-order chi connectivity index (χ0) is 29.1. The summed E-state index contributed by atoms with van der Waals surface area (Å²) >= 11 is 0. The molecular weight excluding hydrogens is 545 g/mol. The molecule has 0 aliphatic carbocycles. The van der Waals surface area contributed by atoms with Crippen LogP contribution in [0.5, 0.6) is 0 Å². The lowest BCUT2D eigenvalue weighted by Gasteiger charge is -2.38. The maximum atomic E-state index is 12.8. The number of ether oxygens (including phenoxy) is 2. The number of fused-ring (bicyclic) bond motifs is 3. The molecule has 218 valence electrons. The second kappa shape index (κ2) is 12.4. The number of hydrogen-bond acceptors (Lipinski definition) is 10. The highest BCUT2D eigenvalue weighted by Gasteiger charge is 2.63. The van der Waals surface area contributed by atoms with Crippen LogP contribution in [-0.2, 0) is 18.5 Å². The summed E-state index contributed by atoms with van der Waals surface area (Å²) in [5, 5.41) is 11.9. The van der Waals surface area contributed by atoms with Crippen LogP contribution < -0.4 is 5.32 Å². The second-order valence-electron chi connectivity index (χ2n) is 10.6. The topological polar surface area (TPSA) is 137 Å². The van der Waals surface area contributed by atoms with E-state index in [2.05, 4.69) is 65.6 Å². The SMILES string of the molecule is CC[C@@]12CO[C@@H]([C@@H](n3cnc4c(NC(=O)c5ccccc5)ncnc43)O1)[C@@H]2OP(OCCC#N)N(C(C)C)C(C)C. The summed E-state index contributed by atoms with van der Waals surface area (Å²) in [6, 6.07) is 11.4. The Balaban J connectivity index is 1.42. The van der Waals surface area contributed by atoms with Gasteiger partial charge >= 0.3 is 0 Å². The molecule has 1 unspecified atom stereocenters. The fourth-order valence-corrected chi connectivity index (χ4v) is 7.21. The van der Waals surface area contributed by atoms with Crippen molar-refractivity contribution >= 4 is 31.4 Å². The van der Waals surface area contributed by atoms with Crippen molar-refractivity contribution in [3.05, 3.63) is 48.5 Å². The smallest absolute Gasteiger partial charge is 0.259 e. The number of nitrogens with zero attached hydrogens (tertiary/aromatic N) is 6. The number of aromatic nitrogens is 4. The molecule has 1 aromatic carbocycles. The molecule has 3 aromatic rings. The van der Waals surface area contributed by atoms with E-state index in [0.717, 1.165) is 0 Å². The molecule has 1 amide bonds. The van der Waals surface area contributed by atoms with Crippen molar-refractivity contribution in [1.82, 2.24) is 24.2 Å². The number of carbonyl (C=O) groups is 1. The van der Waals surface area contributed by atoms with E-state index in [1.54, 1.807) is 30.6 Å². The summed E-state index contributed by atoms with van der Waals surface area (Å²) in [7, 11) is -1.50. The van der Waals surface area contributed by atoms with Crippen LogP contribution in [0.4, 0.5) is 5.82 Å². The Kier molecular flexibility index (Phi) is 8.94. The van der Waals surface area contributed by atoms with Crippen molar-refractivity contribution in [1.29, 1.82) is 5.26 Å². The number of benzene rings is 1. The second-order valence-corrected chi connectivity index (χ2v) is 12.0. The first-order valence-electron chi connectivity index (χ1n) is 13.9. The van der Waals surface area contributed by atoms with Crippen LogP contribution in [0.1, 0.15) is 64.0 Å². The number of amides is 1. The molecule has 0 spiro atoms. The minimum atomic E-state index is -1.50.